The Labute approximate surface area is 121 Å². The summed E-state index contributed by atoms with van der Waals surface area (Å²) < 4.78 is 6.13. The molecular weight excluding hydrogens is 300 g/mol. The van der Waals surface area contributed by atoms with Crippen LogP contribution in [0.3, 0.4) is 0 Å². The number of ether oxygens (including phenoxy) is 1. The van der Waals surface area contributed by atoms with E-state index in [9.17, 15) is 0 Å². The van der Waals surface area contributed by atoms with Crippen molar-refractivity contribution in [3.63, 3.8) is 0 Å². The summed E-state index contributed by atoms with van der Waals surface area (Å²) in [5.74, 6) is 12.5. The van der Waals surface area contributed by atoms with E-state index in [4.69, 9.17) is 4.74 Å². The maximum absolute atomic E-state index is 5.08. The Morgan fingerprint density at radius 3 is 1.74 bits per heavy atom. The first-order valence-corrected chi connectivity index (χ1v) is 6.49. The van der Waals surface area contributed by atoms with Crippen molar-refractivity contribution in [1.82, 2.24) is 0 Å². The molecular formula is C17H11BrO. The summed E-state index contributed by atoms with van der Waals surface area (Å²) in [5, 5.41) is 0. The minimum absolute atomic E-state index is 0.825. The van der Waals surface area contributed by atoms with Gasteiger partial charge in [-0.1, -0.05) is 27.8 Å². The minimum Gasteiger partial charge on any atom is -0.497 e. The molecule has 2 aromatic rings. The highest BCUT2D eigenvalue weighted by Crippen LogP contribution is 2.10. The maximum Gasteiger partial charge on any atom is 0.118 e. The van der Waals surface area contributed by atoms with Crippen LogP contribution < -0.4 is 4.74 Å². The van der Waals surface area contributed by atoms with Crippen LogP contribution in [0.5, 0.6) is 5.75 Å². The topological polar surface area (TPSA) is 9.23 Å². The molecule has 2 heteroatoms. The first-order valence-electron chi connectivity index (χ1n) is 5.69. The minimum atomic E-state index is 0.825. The van der Waals surface area contributed by atoms with E-state index in [0.29, 0.717) is 0 Å². The fourth-order valence-corrected chi connectivity index (χ4v) is 1.68. The second-order valence-electron chi connectivity index (χ2n) is 3.74. The third kappa shape index (κ3) is 4.21. The third-order valence-electron chi connectivity index (χ3n) is 2.41. The number of hydrogen-bond donors (Lipinski definition) is 0. The Hall–Kier alpha value is -2.16. The quantitative estimate of drug-likeness (QED) is 0.727. The lowest BCUT2D eigenvalue weighted by atomic mass is 10.2. The first kappa shape index (κ1) is 13.3. The lowest BCUT2D eigenvalue weighted by molar-refractivity contribution is 0.415. The molecule has 2 aromatic carbocycles. The zero-order valence-corrected chi connectivity index (χ0v) is 12.0. The molecule has 19 heavy (non-hydrogen) atoms. The molecule has 0 aromatic heterocycles. The fraction of sp³-hybridized carbons (Fsp3) is 0.0588. The van der Waals surface area contributed by atoms with Gasteiger partial charge in [0.15, 0.2) is 0 Å². The molecule has 0 saturated carbocycles. The average molecular weight is 311 g/mol. The Morgan fingerprint density at radius 2 is 1.26 bits per heavy atom. The van der Waals surface area contributed by atoms with E-state index in [2.05, 4.69) is 39.6 Å². The number of methoxy groups -OCH3 is 1. The number of benzene rings is 2. The van der Waals surface area contributed by atoms with Gasteiger partial charge in [0, 0.05) is 15.6 Å². The summed E-state index contributed by atoms with van der Waals surface area (Å²) in [6.45, 7) is 0. The van der Waals surface area contributed by atoms with Crippen LogP contribution in [-0.2, 0) is 0 Å². The van der Waals surface area contributed by atoms with Gasteiger partial charge in [0.25, 0.3) is 0 Å². The maximum atomic E-state index is 5.08. The Bertz CT molecular complexity index is 662. The van der Waals surface area contributed by atoms with Crippen LogP contribution in [0, 0.1) is 23.7 Å². The van der Waals surface area contributed by atoms with E-state index in [1.807, 2.05) is 48.5 Å². The monoisotopic (exact) mass is 310 g/mol. The standard InChI is InChI=1S/C17H11BrO/c1-19-17-12-8-15(9-13-17)5-3-2-4-14-6-10-16(18)11-7-14/h6-13H,1H3. The Kier molecular flexibility index (Phi) is 4.67. The van der Waals surface area contributed by atoms with Crippen LogP contribution in [-0.4, -0.2) is 7.11 Å². The van der Waals surface area contributed by atoms with Crippen molar-refractivity contribution in [3.8, 4) is 29.4 Å². The van der Waals surface area contributed by atoms with E-state index in [1.165, 1.54) is 0 Å². The molecule has 0 radical (unpaired) electrons. The van der Waals surface area contributed by atoms with Crippen molar-refractivity contribution in [2.24, 2.45) is 0 Å². The lowest BCUT2D eigenvalue weighted by Crippen LogP contribution is -1.81. The molecule has 0 unspecified atom stereocenters. The van der Waals surface area contributed by atoms with E-state index in [1.54, 1.807) is 7.11 Å². The van der Waals surface area contributed by atoms with Gasteiger partial charge in [0.2, 0.25) is 0 Å². The van der Waals surface area contributed by atoms with Gasteiger partial charge < -0.3 is 4.74 Å². The molecule has 92 valence electrons. The molecule has 0 amide bonds. The van der Waals surface area contributed by atoms with Gasteiger partial charge in [-0.05, 0) is 60.4 Å². The molecule has 0 fully saturated rings. The SMILES string of the molecule is COc1ccc(C#CC#Cc2ccc(Br)cc2)cc1. The zero-order valence-electron chi connectivity index (χ0n) is 10.4. The van der Waals surface area contributed by atoms with Gasteiger partial charge in [-0.2, -0.15) is 0 Å². The van der Waals surface area contributed by atoms with Crippen LogP contribution in [0.1, 0.15) is 11.1 Å². The summed E-state index contributed by atoms with van der Waals surface area (Å²) in [7, 11) is 1.64. The van der Waals surface area contributed by atoms with Gasteiger partial charge >= 0.3 is 0 Å². The summed E-state index contributed by atoms with van der Waals surface area (Å²) in [5.41, 5.74) is 1.87. The summed E-state index contributed by atoms with van der Waals surface area (Å²) in [6.07, 6.45) is 0. The third-order valence-corrected chi connectivity index (χ3v) is 2.94. The van der Waals surface area contributed by atoms with E-state index in [-0.39, 0.29) is 0 Å². The summed E-state index contributed by atoms with van der Waals surface area (Å²) in [4.78, 5) is 0. The van der Waals surface area contributed by atoms with Gasteiger partial charge in [-0.3, -0.25) is 0 Å². The van der Waals surface area contributed by atoms with Crippen molar-refractivity contribution in [2.75, 3.05) is 7.11 Å². The lowest BCUT2D eigenvalue weighted by Gasteiger charge is -1.96. The highest BCUT2D eigenvalue weighted by molar-refractivity contribution is 9.10. The Balaban J connectivity index is 2.06. The highest BCUT2D eigenvalue weighted by atomic mass is 79.9. The van der Waals surface area contributed by atoms with Crippen LogP contribution in [0.15, 0.2) is 53.0 Å². The predicted octanol–water partition coefficient (Wildman–Crippen LogP) is 3.86. The fourth-order valence-electron chi connectivity index (χ4n) is 1.41. The smallest absolute Gasteiger partial charge is 0.118 e. The van der Waals surface area contributed by atoms with Crippen LogP contribution in [0.25, 0.3) is 0 Å². The van der Waals surface area contributed by atoms with Gasteiger partial charge in [0.1, 0.15) is 5.75 Å². The largest absolute Gasteiger partial charge is 0.497 e. The van der Waals surface area contributed by atoms with Crippen molar-refractivity contribution in [1.29, 1.82) is 0 Å². The van der Waals surface area contributed by atoms with Crippen molar-refractivity contribution >= 4 is 15.9 Å². The second-order valence-corrected chi connectivity index (χ2v) is 4.65. The van der Waals surface area contributed by atoms with Crippen molar-refractivity contribution < 1.29 is 4.74 Å². The predicted molar refractivity (Wildman–Crippen MR) is 80.9 cm³/mol. The molecule has 0 atom stereocenters. The molecule has 0 saturated heterocycles. The van der Waals surface area contributed by atoms with Crippen molar-refractivity contribution in [2.45, 2.75) is 0 Å². The van der Waals surface area contributed by atoms with Crippen LogP contribution in [0.4, 0.5) is 0 Å². The van der Waals surface area contributed by atoms with Crippen LogP contribution >= 0.6 is 15.9 Å². The molecule has 0 bridgehead atoms. The molecule has 0 aliphatic carbocycles. The number of halogens is 1. The molecule has 0 aliphatic heterocycles. The van der Waals surface area contributed by atoms with Crippen molar-refractivity contribution in [3.05, 3.63) is 64.1 Å². The second kappa shape index (κ2) is 6.69. The molecule has 0 N–H and O–H groups in total. The van der Waals surface area contributed by atoms with E-state index >= 15 is 0 Å². The number of hydrogen-bond acceptors (Lipinski definition) is 1. The van der Waals surface area contributed by atoms with E-state index in [0.717, 1.165) is 21.3 Å². The van der Waals surface area contributed by atoms with Crippen LogP contribution in [0.2, 0.25) is 0 Å². The molecule has 0 aliphatic rings. The molecule has 0 heterocycles. The van der Waals surface area contributed by atoms with Gasteiger partial charge in [0.05, 0.1) is 7.11 Å². The molecule has 2 rings (SSSR count). The summed E-state index contributed by atoms with van der Waals surface area (Å²) >= 11 is 3.38. The number of rotatable bonds is 1. The summed E-state index contributed by atoms with van der Waals surface area (Å²) in [6, 6.07) is 15.4. The first-order chi connectivity index (χ1) is 9.28. The Morgan fingerprint density at radius 1 is 0.789 bits per heavy atom. The normalized spacial score (nSPS) is 8.74. The molecule has 1 nitrogen and oxygen atoms in total. The average Bonchev–Trinajstić information content (AvgIpc) is 2.46. The van der Waals surface area contributed by atoms with Gasteiger partial charge in [-0.25, -0.2) is 0 Å². The molecule has 0 spiro atoms. The zero-order chi connectivity index (χ0) is 13.5. The van der Waals surface area contributed by atoms with E-state index < -0.39 is 0 Å². The van der Waals surface area contributed by atoms with Gasteiger partial charge in [-0.15, -0.1) is 0 Å². The highest BCUT2D eigenvalue weighted by Gasteiger charge is 1.89.